The Labute approximate surface area is 470 Å². The van der Waals surface area contributed by atoms with Crippen LogP contribution in [0.1, 0.15) is 73.1 Å². The molecule has 0 bridgehead atoms. The number of H-pyrrole nitrogens is 1. The number of nitriles is 1. The Balaban J connectivity index is 1.05. The lowest BCUT2D eigenvalue weighted by molar-refractivity contribution is -0.118. The SMILES string of the molecule is CCC1OC(n2cnc3c(=O)[nH]c(NC(=O)C(C)C)nc32)C(OP(OCCC#N)OCC2OC(n3cnc4c(NC(=O)c5ccccc5)ncnc43)C(F)C2OC(c2ccccc2)(c2ccc(OC)cc2)c2ccc(OC)cc2)C1CO. The maximum atomic E-state index is 18.5. The van der Waals surface area contributed by atoms with Gasteiger partial charge in [0.25, 0.3) is 11.5 Å². The van der Waals surface area contributed by atoms with Crippen LogP contribution < -0.4 is 25.7 Å². The van der Waals surface area contributed by atoms with E-state index in [0.717, 1.165) is 0 Å². The normalized spacial score (nSPS) is 21.2. The fourth-order valence-electron chi connectivity index (χ4n) is 10.0. The number of rotatable bonds is 23. The van der Waals surface area contributed by atoms with Crippen LogP contribution in [0.4, 0.5) is 16.2 Å². The monoisotopic (exact) mass is 1140 g/mol. The minimum absolute atomic E-state index is 0.0449. The molecule has 82 heavy (non-hydrogen) atoms. The van der Waals surface area contributed by atoms with Gasteiger partial charge in [0.1, 0.15) is 41.7 Å². The van der Waals surface area contributed by atoms with Crippen molar-refractivity contribution < 1.29 is 56.3 Å². The van der Waals surface area contributed by atoms with E-state index in [4.69, 9.17) is 37.3 Å². The fraction of sp³-hybridized carbons (Fsp3) is 0.351. The molecule has 2 fully saturated rings. The minimum Gasteiger partial charge on any atom is -0.497 e. The summed E-state index contributed by atoms with van der Waals surface area (Å²) in [6, 6.07) is 34.4. The Hall–Kier alpha value is -8.11. The van der Waals surface area contributed by atoms with Gasteiger partial charge < -0.3 is 47.7 Å². The highest BCUT2D eigenvalue weighted by Crippen LogP contribution is 2.51. The Morgan fingerprint density at radius 1 is 0.805 bits per heavy atom. The number of carbonyl (C=O) groups is 2. The number of aliphatic hydroxyl groups is 1. The number of aromatic amines is 1. The van der Waals surface area contributed by atoms with Crippen LogP contribution in [0.15, 0.2) is 133 Å². The summed E-state index contributed by atoms with van der Waals surface area (Å²) in [5.74, 6) is -0.923. The van der Waals surface area contributed by atoms with Crippen LogP contribution in [-0.2, 0) is 38.2 Å². The van der Waals surface area contributed by atoms with Crippen molar-refractivity contribution in [3.05, 3.63) is 161 Å². The van der Waals surface area contributed by atoms with Crippen molar-refractivity contribution in [2.45, 2.75) is 82.3 Å². The number of methoxy groups -OCH3 is 2. The number of anilines is 2. The number of alkyl halides is 1. The maximum Gasteiger partial charge on any atom is 0.333 e. The molecule has 6 heterocycles. The number of nitrogens with zero attached hydrogens (tertiary/aromatic N) is 8. The number of halogens is 1. The van der Waals surface area contributed by atoms with Gasteiger partial charge in [0.2, 0.25) is 11.9 Å². The lowest BCUT2D eigenvalue weighted by atomic mass is 9.79. The molecule has 4 aromatic heterocycles. The van der Waals surface area contributed by atoms with Gasteiger partial charge in [-0.1, -0.05) is 93.6 Å². The molecule has 0 saturated carbocycles. The van der Waals surface area contributed by atoms with Gasteiger partial charge in [-0.3, -0.25) is 33.8 Å². The summed E-state index contributed by atoms with van der Waals surface area (Å²) in [5.41, 5.74) is 0.229. The van der Waals surface area contributed by atoms with Crippen molar-refractivity contribution in [1.82, 2.24) is 39.0 Å². The lowest BCUT2D eigenvalue weighted by Crippen LogP contribution is -2.44. The van der Waals surface area contributed by atoms with E-state index in [1.807, 2.05) is 61.5 Å². The molecular weight excluding hydrogens is 1080 g/mol. The lowest BCUT2D eigenvalue weighted by Gasteiger charge is -2.39. The predicted molar refractivity (Wildman–Crippen MR) is 296 cm³/mol. The summed E-state index contributed by atoms with van der Waals surface area (Å²) in [4.78, 5) is 64.2. The quantitative estimate of drug-likeness (QED) is 0.0269. The van der Waals surface area contributed by atoms with Gasteiger partial charge in [-0.15, -0.1) is 0 Å². The molecule has 8 aromatic rings. The van der Waals surface area contributed by atoms with Crippen molar-refractivity contribution in [1.29, 1.82) is 5.26 Å². The number of hydrogen-bond donors (Lipinski definition) is 4. The molecular formula is C57H59FN11O12P. The van der Waals surface area contributed by atoms with Crippen molar-refractivity contribution >= 4 is 54.5 Å². The number of aromatic nitrogens is 8. The maximum absolute atomic E-state index is 18.5. The molecule has 23 nitrogen and oxygen atoms in total. The van der Waals surface area contributed by atoms with Gasteiger partial charge in [-0.2, -0.15) is 10.2 Å². The number of nitrogens with one attached hydrogen (secondary N) is 3. The van der Waals surface area contributed by atoms with E-state index in [-0.39, 0.29) is 47.1 Å². The smallest absolute Gasteiger partial charge is 0.333 e. The summed E-state index contributed by atoms with van der Waals surface area (Å²) in [6.07, 6.45) is -4.88. The minimum atomic E-state index is -2.55. The zero-order valence-corrected chi connectivity index (χ0v) is 46.1. The van der Waals surface area contributed by atoms with Gasteiger partial charge >= 0.3 is 8.60 Å². The molecule has 9 unspecified atom stereocenters. The van der Waals surface area contributed by atoms with Gasteiger partial charge in [-0.05, 0) is 59.5 Å². The number of benzene rings is 4. The first-order chi connectivity index (χ1) is 39.9. The molecule has 0 radical (unpaired) electrons. The van der Waals surface area contributed by atoms with Gasteiger partial charge in [0, 0.05) is 17.4 Å². The molecule has 0 aliphatic carbocycles. The van der Waals surface area contributed by atoms with E-state index in [1.54, 1.807) is 82.7 Å². The third kappa shape index (κ3) is 11.5. The third-order valence-corrected chi connectivity index (χ3v) is 15.4. The van der Waals surface area contributed by atoms with Crippen LogP contribution in [0, 0.1) is 23.2 Å². The fourth-order valence-corrected chi connectivity index (χ4v) is 11.2. The Bertz CT molecular complexity index is 3540. The Kier molecular flexibility index (Phi) is 17.7. The van der Waals surface area contributed by atoms with Crippen molar-refractivity contribution in [2.24, 2.45) is 11.8 Å². The van der Waals surface area contributed by atoms with E-state index in [1.165, 1.54) is 28.1 Å². The molecule has 2 saturated heterocycles. The van der Waals surface area contributed by atoms with Gasteiger partial charge in [0.05, 0.1) is 65.3 Å². The van der Waals surface area contributed by atoms with E-state index in [2.05, 4.69) is 46.6 Å². The number of ether oxygens (including phenoxy) is 5. The molecule has 0 spiro atoms. The number of carbonyl (C=O) groups excluding carboxylic acids is 2. The van der Waals surface area contributed by atoms with E-state index in [0.29, 0.717) is 40.2 Å². The van der Waals surface area contributed by atoms with Crippen LogP contribution in [-0.4, -0.2) is 121 Å². The van der Waals surface area contributed by atoms with Gasteiger partial charge in [-0.25, -0.2) is 24.3 Å². The van der Waals surface area contributed by atoms with Crippen molar-refractivity contribution in [3.8, 4) is 17.6 Å². The van der Waals surface area contributed by atoms with Crippen LogP contribution in [0.2, 0.25) is 0 Å². The number of amides is 2. The van der Waals surface area contributed by atoms with E-state index < -0.39 is 99.7 Å². The highest BCUT2D eigenvalue weighted by atomic mass is 31.2. The topological polar surface area (TPSA) is 283 Å². The molecule has 10 rings (SSSR count). The largest absolute Gasteiger partial charge is 0.497 e. The zero-order valence-electron chi connectivity index (χ0n) is 45.2. The summed E-state index contributed by atoms with van der Waals surface area (Å²) >= 11 is 0. The number of imidazole rings is 2. The summed E-state index contributed by atoms with van der Waals surface area (Å²) in [7, 11) is 0.559. The average Bonchev–Trinajstić information content (AvgIpc) is 4.44. The second-order valence-electron chi connectivity index (χ2n) is 19.5. The zero-order chi connectivity index (χ0) is 57.5. The first-order valence-corrected chi connectivity index (χ1v) is 27.5. The highest BCUT2D eigenvalue weighted by Gasteiger charge is 2.54. The van der Waals surface area contributed by atoms with Crippen LogP contribution in [0.3, 0.4) is 0 Å². The molecule has 4 aromatic carbocycles. The molecule has 426 valence electrons. The number of hydrogen-bond acceptors (Lipinski definition) is 18. The highest BCUT2D eigenvalue weighted by molar-refractivity contribution is 7.41. The predicted octanol–water partition coefficient (Wildman–Crippen LogP) is 7.91. The first-order valence-electron chi connectivity index (χ1n) is 26.4. The number of fused-ring (bicyclic) bond motifs is 2. The second-order valence-corrected chi connectivity index (χ2v) is 20.7. The van der Waals surface area contributed by atoms with Gasteiger partial charge in [0.15, 0.2) is 46.8 Å². The standard InChI is InChI=1S/C57H59FN11O12P/c1-6-41-40(28-70)46(55(78-41)69-32-63-45-50(69)65-56(67-53(45)73)66-51(71)33(2)3)81-82(76-27-13-26-59)77-29-42-47(43(58)54(79-42)68-31-62-44-48(60-30-61-49(44)68)64-52(72)34-14-9-7-10-15-34)80-57(35-16-11-8-12-17-35,36-18-22-38(74-4)23-19-36)37-20-24-39(75-5)25-21-37/h7-12,14-25,30-33,40-43,46-47,54-55,70H,6,13,27-29H2,1-5H3,(H,60,61,64,72)(H2,65,66,67,71,73). The Morgan fingerprint density at radius 2 is 1.43 bits per heavy atom. The molecule has 2 aliphatic rings. The van der Waals surface area contributed by atoms with E-state index in [9.17, 15) is 24.8 Å². The summed E-state index contributed by atoms with van der Waals surface area (Å²) in [6.45, 7) is 4.20. The molecule has 25 heteroatoms. The summed E-state index contributed by atoms with van der Waals surface area (Å²) < 4.78 is 72.9. The van der Waals surface area contributed by atoms with Crippen LogP contribution in [0.5, 0.6) is 11.5 Å². The van der Waals surface area contributed by atoms with Crippen molar-refractivity contribution in [2.75, 3.05) is 44.7 Å². The second kappa shape index (κ2) is 25.4. The van der Waals surface area contributed by atoms with Crippen molar-refractivity contribution in [3.63, 3.8) is 0 Å². The molecule has 2 amide bonds. The number of aliphatic hydroxyl groups excluding tert-OH is 1. The average molecular weight is 1140 g/mol. The van der Waals surface area contributed by atoms with Crippen LogP contribution >= 0.6 is 8.60 Å². The summed E-state index contributed by atoms with van der Waals surface area (Å²) in [5, 5.41) is 26.1. The first kappa shape index (κ1) is 57.1. The Morgan fingerprint density at radius 3 is 2.05 bits per heavy atom. The molecule has 9 atom stereocenters. The third-order valence-electron chi connectivity index (χ3n) is 14.2. The van der Waals surface area contributed by atoms with Crippen LogP contribution in [0.25, 0.3) is 22.3 Å². The molecule has 2 aliphatic heterocycles. The molecule has 4 N–H and O–H groups in total. The van der Waals surface area contributed by atoms with E-state index >= 15 is 4.39 Å².